The summed E-state index contributed by atoms with van der Waals surface area (Å²) in [4.78, 5) is 17.5. The highest BCUT2D eigenvalue weighted by Gasteiger charge is 2.27. The lowest BCUT2D eigenvalue weighted by atomic mass is 10.2. The second kappa shape index (κ2) is 10.1. The lowest BCUT2D eigenvalue weighted by Crippen LogP contribution is -2.17. The van der Waals surface area contributed by atoms with Crippen molar-refractivity contribution in [2.45, 2.75) is 61.7 Å². The molecule has 0 unspecified atom stereocenters. The van der Waals surface area contributed by atoms with Gasteiger partial charge in [-0.3, -0.25) is 9.29 Å². The van der Waals surface area contributed by atoms with E-state index in [1.807, 2.05) is 13.8 Å². The molecule has 0 saturated carbocycles. The van der Waals surface area contributed by atoms with Gasteiger partial charge >= 0.3 is 11.9 Å². The predicted molar refractivity (Wildman–Crippen MR) is 126 cm³/mol. The Labute approximate surface area is 198 Å². The molecule has 1 aromatic carbocycles. The Balaban J connectivity index is 1.86. The molecule has 0 aromatic heterocycles. The maximum Gasteiger partial charge on any atom is 0.389 e. The Kier molecular flexibility index (Phi) is 7.80. The van der Waals surface area contributed by atoms with Crippen LogP contribution in [0.5, 0.6) is 0 Å². The molecular formula is C21H24F3N3O3S3. The summed E-state index contributed by atoms with van der Waals surface area (Å²) in [5, 5.41) is 0. The summed E-state index contributed by atoms with van der Waals surface area (Å²) in [5.41, 5.74) is 1.34. The van der Waals surface area contributed by atoms with E-state index < -0.39 is 28.3 Å². The number of imidazole rings is 1. The normalized spacial score (nSPS) is 12.4. The van der Waals surface area contributed by atoms with Crippen LogP contribution in [-0.4, -0.2) is 29.9 Å². The van der Waals surface area contributed by atoms with Gasteiger partial charge in [0.25, 0.3) is 10.0 Å². The highest BCUT2D eigenvalue weighted by Crippen LogP contribution is 2.39. The van der Waals surface area contributed by atoms with Crippen LogP contribution in [0.2, 0.25) is 0 Å². The Hall–Kier alpha value is -2.05. The van der Waals surface area contributed by atoms with E-state index in [0.717, 1.165) is 10.4 Å². The lowest BCUT2D eigenvalue weighted by molar-refractivity contribution is -0.135. The van der Waals surface area contributed by atoms with Crippen LogP contribution >= 0.6 is 23.1 Å². The van der Waals surface area contributed by atoms with Gasteiger partial charge < -0.3 is 0 Å². The first-order valence-electron chi connectivity index (χ1n) is 10.2. The van der Waals surface area contributed by atoms with Crippen LogP contribution in [0.3, 0.4) is 0 Å². The molecule has 0 saturated heterocycles. The second-order valence-corrected chi connectivity index (χ2v) is 11.9. The highest BCUT2D eigenvalue weighted by molar-refractivity contribution is 8.01. The maximum absolute atomic E-state index is 12.9. The minimum atomic E-state index is -4.15. The summed E-state index contributed by atoms with van der Waals surface area (Å²) >= 11 is 2.79. The Bertz CT molecular complexity index is 1250. The number of sulfonamides is 1. The van der Waals surface area contributed by atoms with E-state index in [-0.39, 0.29) is 17.1 Å². The highest BCUT2D eigenvalue weighted by atomic mass is 32.2. The van der Waals surface area contributed by atoms with Crippen LogP contribution in [0.25, 0.3) is 5.69 Å². The van der Waals surface area contributed by atoms with Crippen LogP contribution in [0.1, 0.15) is 41.8 Å². The zero-order chi connectivity index (χ0) is 24.4. The molecule has 0 spiro atoms. The Morgan fingerprint density at radius 1 is 1.09 bits per heavy atom. The summed E-state index contributed by atoms with van der Waals surface area (Å²) in [6, 6.07) is 6.30. The number of nitrogens with zero attached hydrogens (tertiary/aromatic N) is 2. The first kappa shape index (κ1) is 25.6. The molecule has 0 amide bonds. The summed E-state index contributed by atoms with van der Waals surface area (Å²) in [7, 11) is -3.97. The van der Waals surface area contributed by atoms with Crippen molar-refractivity contribution >= 4 is 38.9 Å². The van der Waals surface area contributed by atoms with Crippen molar-refractivity contribution in [3.05, 3.63) is 50.9 Å². The van der Waals surface area contributed by atoms with Crippen molar-refractivity contribution < 1.29 is 21.6 Å². The quantitative estimate of drug-likeness (QED) is 0.291. The number of unbranched alkanes of at least 4 members (excludes halogenated alkanes) is 2. The average Bonchev–Trinajstić information content (AvgIpc) is 3.03. The fourth-order valence-corrected chi connectivity index (χ4v) is 6.69. The molecular weight excluding hydrogens is 495 g/mol. The largest absolute Gasteiger partial charge is 0.389 e. The fourth-order valence-electron chi connectivity index (χ4n) is 3.16. The van der Waals surface area contributed by atoms with Crippen LogP contribution in [-0.2, 0) is 10.0 Å². The smallest absolute Gasteiger partial charge is 0.261 e. The number of aromatic nitrogens is 2. The number of aryl methyl sites for hydroxylation is 2. The molecule has 3 rings (SSSR count). The van der Waals surface area contributed by atoms with E-state index in [0.29, 0.717) is 34.2 Å². The SMILES string of the molecule is Cc1ccc(S(=O)(=O)Nc2nc(=O)n3c(C)c(C)sc(SCCCCCC(F)(F)F)c2-3)cc1. The van der Waals surface area contributed by atoms with Crippen molar-refractivity contribution in [1.82, 2.24) is 9.55 Å². The minimum absolute atomic E-state index is 0.0491. The van der Waals surface area contributed by atoms with E-state index in [4.69, 9.17) is 0 Å². The third kappa shape index (κ3) is 6.30. The number of hydrogen-bond donors (Lipinski definition) is 1. The molecule has 6 nitrogen and oxygen atoms in total. The van der Waals surface area contributed by atoms with Crippen molar-refractivity contribution in [1.29, 1.82) is 0 Å². The van der Waals surface area contributed by atoms with Crippen LogP contribution in [0.4, 0.5) is 19.0 Å². The number of thioether (sulfide) groups is 1. The molecule has 0 aliphatic carbocycles. The molecule has 12 heteroatoms. The zero-order valence-corrected chi connectivity index (χ0v) is 20.8. The molecule has 33 heavy (non-hydrogen) atoms. The van der Waals surface area contributed by atoms with E-state index >= 15 is 0 Å². The third-order valence-electron chi connectivity index (χ3n) is 5.03. The second-order valence-electron chi connectivity index (χ2n) is 7.65. The van der Waals surface area contributed by atoms with Gasteiger partial charge in [-0.05, 0) is 51.5 Å². The number of hydrogen-bond acceptors (Lipinski definition) is 6. The minimum Gasteiger partial charge on any atom is -0.261 e. The average molecular weight is 520 g/mol. The topological polar surface area (TPSA) is 81.1 Å². The van der Waals surface area contributed by atoms with E-state index in [2.05, 4.69) is 9.71 Å². The summed E-state index contributed by atoms with van der Waals surface area (Å²) in [6.45, 7) is 5.45. The van der Waals surface area contributed by atoms with E-state index in [1.165, 1.54) is 39.8 Å². The summed E-state index contributed by atoms with van der Waals surface area (Å²) in [5.74, 6) is 0.482. The third-order valence-corrected chi connectivity index (χ3v) is 8.92. The fraction of sp³-hybridized carbons (Fsp3) is 0.429. The molecule has 0 radical (unpaired) electrons. The number of anilines is 1. The molecule has 2 aliphatic rings. The van der Waals surface area contributed by atoms with Gasteiger partial charge in [0.15, 0.2) is 5.82 Å². The summed E-state index contributed by atoms with van der Waals surface area (Å²) in [6.07, 6.45) is -3.90. The maximum atomic E-state index is 12.9. The van der Waals surface area contributed by atoms with Gasteiger partial charge in [0.1, 0.15) is 5.69 Å². The van der Waals surface area contributed by atoms with Gasteiger partial charge in [0.05, 0.1) is 9.10 Å². The number of fused-ring (bicyclic) bond motifs is 1. The standard InChI is InChI=1S/C21H24F3N3O3S3/c1-13-7-9-16(10-8-13)33(29,30)26-18-17-19(31-12-6-4-5-11-21(22,23)24)32-15(3)14(2)27(17)20(28)25-18/h7-10H,4-6,11-12H2,1-3H3,(H,25,26,28). The van der Waals surface area contributed by atoms with Crippen molar-refractivity contribution in [3.8, 4) is 5.69 Å². The molecule has 1 N–H and O–H groups in total. The number of benzene rings is 1. The number of rotatable bonds is 9. The van der Waals surface area contributed by atoms with Gasteiger partial charge in [-0.15, -0.1) is 23.1 Å². The Morgan fingerprint density at radius 3 is 2.39 bits per heavy atom. The van der Waals surface area contributed by atoms with E-state index in [9.17, 15) is 26.4 Å². The zero-order valence-electron chi connectivity index (χ0n) is 18.3. The van der Waals surface area contributed by atoms with Crippen molar-refractivity contribution in [2.75, 3.05) is 10.5 Å². The van der Waals surface area contributed by atoms with Gasteiger partial charge in [-0.2, -0.15) is 18.2 Å². The molecule has 1 aromatic rings. The first-order chi connectivity index (χ1) is 15.4. The van der Waals surface area contributed by atoms with Gasteiger partial charge in [-0.25, -0.2) is 13.2 Å². The predicted octanol–water partition coefficient (Wildman–Crippen LogP) is 5.67. The Morgan fingerprint density at radius 2 is 1.76 bits per heavy atom. The first-order valence-corrected chi connectivity index (χ1v) is 13.5. The van der Waals surface area contributed by atoms with Crippen molar-refractivity contribution in [2.24, 2.45) is 0 Å². The molecule has 180 valence electrons. The molecule has 0 atom stereocenters. The van der Waals surface area contributed by atoms with Crippen LogP contribution in [0, 0.1) is 20.8 Å². The monoisotopic (exact) mass is 519 g/mol. The van der Waals surface area contributed by atoms with Crippen molar-refractivity contribution in [3.63, 3.8) is 0 Å². The van der Waals surface area contributed by atoms with Gasteiger partial charge in [0, 0.05) is 17.0 Å². The van der Waals surface area contributed by atoms with Gasteiger partial charge in [-0.1, -0.05) is 24.1 Å². The summed E-state index contributed by atoms with van der Waals surface area (Å²) < 4.78 is 67.2. The van der Waals surface area contributed by atoms with Crippen LogP contribution < -0.4 is 10.4 Å². The molecule has 0 fully saturated rings. The molecule has 0 bridgehead atoms. The molecule has 2 heterocycles. The van der Waals surface area contributed by atoms with E-state index in [1.54, 1.807) is 19.1 Å². The number of nitrogens with one attached hydrogen (secondary N) is 1. The van der Waals surface area contributed by atoms with Gasteiger partial charge in [0.2, 0.25) is 0 Å². The molecule has 2 aliphatic heterocycles. The lowest BCUT2D eigenvalue weighted by Gasteiger charge is -2.16. The number of halogens is 3. The number of alkyl halides is 3. The van der Waals surface area contributed by atoms with Crippen LogP contribution in [0.15, 0.2) is 38.2 Å².